The van der Waals surface area contributed by atoms with Gasteiger partial charge in [-0.1, -0.05) is 18.2 Å². The first-order valence-electron chi connectivity index (χ1n) is 4.27. The summed E-state index contributed by atoms with van der Waals surface area (Å²) in [5.74, 6) is 0.150. The highest BCUT2D eigenvalue weighted by atomic mass is 16.1. The van der Waals surface area contributed by atoms with Gasteiger partial charge in [0.15, 0.2) is 0 Å². The Hall–Kier alpha value is -1.44. The summed E-state index contributed by atoms with van der Waals surface area (Å²) >= 11 is 0. The first-order valence-corrected chi connectivity index (χ1v) is 4.27. The standard InChI is InChI=1S/C11H13NO/c1-9(8-10(2)13)12-11-6-4-3-5-7-11/h3-7H,8H2,1-2H3/b12-9+. The van der Waals surface area contributed by atoms with Gasteiger partial charge < -0.3 is 0 Å². The van der Waals surface area contributed by atoms with Crippen molar-refractivity contribution >= 4 is 17.2 Å². The van der Waals surface area contributed by atoms with E-state index in [1.165, 1.54) is 0 Å². The minimum Gasteiger partial charge on any atom is -0.300 e. The molecule has 0 atom stereocenters. The molecular weight excluding hydrogens is 162 g/mol. The molecule has 0 bridgehead atoms. The molecule has 0 aliphatic carbocycles. The van der Waals surface area contributed by atoms with Crippen molar-refractivity contribution in [2.75, 3.05) is 0 Å². The van der Waals surface area contributed by atoms with E-state index in [4.69, 9.17) is 0 Å². The molecule has 0 aromatic heterocycles. The summed E-state index contributed by atoms with van der Waals surface area (Å²) < 4.78 is 0. The Morgan fingerprint density at radius 1 is 1.23 bits per heavy atom. The van der Waals surface area contributed by atoms with Crippen LogP contribution >= 0.6 is 0 Å². The van der Waals surface area contributed by atoms with Crippen LogP contribution in [0.4, 0.5) is 5.69 Å². The molecule has 0 unspecified atom stereocenters. The minimum absolute atomic E-state index is 0.150. The molecule has 0 N–H and O–H groups in total. The van der Waals surface area contributed by atoms with Gasteiger partial charge >= 0.3 is 0 Å². The molecule has 0 saturated carbocycles. The average Bonchev–Trinajstić information content (AvgIpc) is 2.04. The molecular formula is C11H13NO. The van der Waals surface area contributed by atoms with Crippen molar-refractivity contribution in [3.63, 3.8) is 0 Å². The van der Waals surface area contributed by atoms with E-state index in [0.717, 1.165) is 11.4 Å². The molecule has 0 amide bonds. The highest BCUT2D eigenvalue weighted by Gasteiger charge is 1.96. The molecule has 1 aromatic carbocycles. The van der Waals surface area contributed by atoms with Crippen LogP contribution in [0.5, 0.6) is 0 Å². The maximum Gasteiger partial charge on any atom is 0.135 e. The number of ketones is 1. The zero-order valence-corrected chi connectivity index (χ0v) is 7.95. The third-order valence-corrected chi connectivity index (χ3v) is 1.58. The van der Waals surface area contributed by atoms with Gasteiger partial charge in [-0.3, -0.25) is 9.79 Å². The second kappa shape index (κ2) is 4.55. The summed E-state index contributed by atoms with van der Waals surface area (Å²) in [5.41, 5.74) is 1.76. The third-order valence-electron chi connectivity index (χ3n) is 1.58. The number of nitrogens with zero attached hydrogens (tertiary/aromatic N) is 1. The zero-order chi connectivity index (χ0) is 9.68. The first kappa shape index (κ1) is 9.65. The normalized spacial score (nSPS) is 11.4. The third kappa shape index (κ3) is 3.65. The number of carbonyl (C=O) groups excluding carboxylic acids is 1. The van der Waals surface area contributed by atoms with Crippen molar-refractivity contribution in [3.8, 4) is 0 Å². The van der Waals surface area contributed by atoms with Gasteiger partial charge in [-0.25, -0.2) is 0 Å². The van der Waals surface area contributed by atoms with E-state index in [9.17, 15) is 4.79 Å². The SMILES string of the molecule is CC(=O)C/C(C)=N/c1ccccc1. The maximum atomic E-state index is 10.8. The van der Waals surface area contributed by atoms with Gasteiger partial charge in [0.2, 0.25) is 0 Å². The Kier molecular flexibility index (Phi) is 3.38. The quantitative estimate of drug-likeness (QED) is 0.649. The lowest BCUT2D eigenvalue weighted by Gasteiger charge is -1.96. The van der Waals surface area contributed by atoms with Gasteiger partial charge in [0.1, 0.15) is 5.78 Å². The smallest absolute Gasteiger partial charge is 0.135 e. The van der Waals surface area contributed by atoms with Crippen LogP contribution in [0.2, 0.25) is 0 Å². The molecule has 68 valence electrons. The molecule has 0 heterocycles. The number of carbonyl (C=O) groups is 1. The van der Waals surface area contributed by atoms with Crippen molar-refractivity contribution in [2.24, 2.45) is 4.99 Å². The molecule has 1 rings (SSSR count). The Labute approximate surface area is 78.3 Å². The van der Waals surface area contributed by atoms with Crippen molar-refractivity contribution in [1.82, 2.24) is 0 Å². The summed E-state index contributed by atoms with van der Waals surface area (Å²) in [6, 6.07) is 9.65. The van der Waals surface area contributed by atoms with E-state index >= 15 is 0 Å². The second-order valence-corrected chi connectivity index (χ2v) is 3.06. The van der Waals surface area contributed by atoms with Gasteiger partial charge in [-0.15, -0.1) is 0 Å². The molecule has 0 aliphatic rings. The summed E-state index contributed by atoms with van der Waals surface area (Å²) in [6.07, 6.45) is 0.439. The number of hydrogen-bond acceptors (Lipinski definition) is 2. The van der Waals surface area contributed by atoms with Crippen LogP contribution in [0.3, 0.4) is 0 Å². The first-order chi connectivity index (χ1) is 6.18. The lowest BCUT2D eigenvalue weighted by Crippen LogP contribution is -1.98. The predicted octanol–water partition coefficient (Wildman–Crippen LogP) is 2.76. The van der Waals surface area contributed by atoms with Gasteiger partial charge in [0.25, 0.3) is 0 Å². The molecule has 0 fully saturated rings. The van der Waals surface area contributed by atoms with E-state index in [1.54, 1.807) is 6.92 Å². The largest absolute Gasteiger partial charge is 0.300 e. The van der Waals surface area contributed by atoms with Crippen molar-refractivity contribution < 1.29 is 4.79 Å². The number of benzene rings is 1. The summed E-state index contributed by atoms with van der Waals surface area (Å²) in [7, 11) is 0. The number of hydrogen-bond donors (Lipinski definition) is 0. The van der Waals surface area contributed by atoms with E-state index < -0.39 is 0 Å². The minimum atomic E-state index is 0.150. The lowest BCUT2D eigenvalue weighted by molar-refractivity contribution is -0.115. The van der Waals surface area contributed by atoms with Crippen LogP contribution < -0.4 is 0 Å². The lowest BCUT2D eigenvalue weighted by atomic mass is 10.2. The van der Waals surface area contributed by atoms with E-state index in [0.29, 0.717) is 6.42 Å². The predicted molar refractivity (Wildman–Crippen MR) is 54.5 cm³/mol. The molecule has 0 radical (unpaired) electrons. The molecule has 0 aliphatic heterocycles. The number of Topliss-reactive ketones (excluding diaryl/α,β-unsaturated/α-hetero) is 1. The van der Waals surface area contributed by atoms with Gasteiger partial charge in [0.05, 0.1) is 5.69 Å². The number of para-hydroxylation sites is 1. The molecule has 2 nitrogen and oxygen atoms in total. The number of rotatable bonds is 3. The fourth-order valence-electron chi connectivity index (χ4n) is 1.12. The Bertz CT molecular complexity index is 314. The number of aliphatic imine (C=N–C) groups is 1. The van der Waals surface area contributed by atoms with Gasteiger partial charge in [-0.2, -0.15) is 0 Å². The summed E-state index contributed by atoms with van der Waals surface area (Å²) in [4.78, 5) is 15.1. The Morgan fingerprint density at radius 3 is 2.38 bits per heavy atom. The summed E-state index contributed by atoms with van der Waals surface area (Å²) in [6.45, 7) is 3.44. The van der Waals surface area contributed by atoms with E-state index in [1.807, 2.05) is 37.3 Å². The monoisotopic (exact) mass is 175 g/mol. The molecule has 0 spiro atoms. The van der Waals surface area contributed by atoms with Gasteiger partial charge in [-0.05, 0) is 26.0 Å². The molecule has 2 heteroatoms. The summed E-state index contributed by atoms with van der Waals surface area (Å²) in [5, 5.41) is 0. The van der Waals surface area contributed by atoms with Crippen LogP contribution in [0.15, 0.2) is 35.3 Å². The topological polar surface area (TPSA) is 29.4 Å². The Balaban J connectivity index is 2.71. The van der Waals surface area contributed by atoms with Crippen molar-refractivity contribution in [3.05, 3.63) is 30.3 Å². The van der Waals surface area contributed by atoms with Crippen LogP contribution in [-0.2, 0) is 4.79 Å². The van der Waals surface area contributed by atoms with Crippen LogP contribution in [0, 0.1) is 0 Å². The van der Waals surface area contributed by atoms with E-state index in [-0.39, 0.29) is 5.78 Å². The second-order valence-electron chi connectivity index (χ2n) is 3.06. The maximum absolute atomic E-state index is 10.8. The average molecular weight is 175 g/mol. The van der Waals surface area contributed by atoms with Crippen LogP contribution in [0.1, 0.15) is 20.3 Å². The highest BCUT2D eigenvalue weighted by Crippen LogP contribution is 2.10. The van der Waals surface area contributed by atoms with Gasteiger partial charge in [0, 0.05) is 12.1 Å². The van der Waals surface area contributed by atoms with E-state index in [2.05, 4.69) is 4.99 Å². The van der Waals surface area contributed by atoms with Crippen molar-refractivity contribution in [1.29, 1.82) is 0 Å². The zero-order valence-electron chi connectivity index (χ0n) is 7.95. The van der Waals surface area contributed by atoms with Crippen LogP contribution in [-0.4, -0.2) is 11.5 Å². The molecule has 13 heavy (non-hydrogen) atoms. The fourth-order valence-corrected chi connectivity index (χ4v) is 1.12. The van der Waals surface area contributed by atoms with Crippen molar-refractivity contribution in [2.45, 2.75) is 20.3 Å². The fraction of sp³-hybridized carbons (Fsp3) is 0.273. The molecule has 1 aromatic rings. The molecule has 0 saturated heterocycles. The Morgan fingerprint density at radius 2 is 1.85 bits per heavy atom. The van der Waals surface area contributed by atoms with Crippen LogP contribution in [0.25, 0.3) is 0 Å². The highest BCUT2D eigenvalue weighted by molar-refractivity contribution is 6.00.